The number of phenols is 1. The van der Waals surface area contributed by atoms with Gasteiger partial charge in [0.2, 0.25) is 0 Å². The van der Waals surface area contributed by atoms with E-state index in [0.29, 0.717) is 31.4 Å². The maximum atomic E-state index is 12.7. The van der Waals surface area contributed by atoms with Crippen LogP contribution in [0.1, 0.15) is 71.3 Å². The van der Waals surface area contributed by atoms with E-state index in [1.54, 1.807) is 19.1 Å². The van der Waals surface area contributed by atoms with E-state index in [1.807, 2.05) is 13.0 Å². The molecule has 11 heteroatoms. The number of carbonyl (C=O) groups is 3. The van der Waals surface area contributed by atoms with Gasteiger partial charge in [-0.05, 0) is 98.8 Å². The minimum absolute atomic E-state index is 0.0243. The Morgan fingerprint density at radius 1 is 1.11 bits per heavy atom. The normalized spacial score (nSPS) is 35.3. The highest BCUT2D eigenvalue weighted by Gasteiger charge is 2.68. The van der Waals surface area contributed by atoms with Crippen LogP contribution in [-0.2, 0) is 30.4 Å². The van der Waals surface area contributed by atoms with Gasteiger partial charge in [0.05, 0.1) is 18.4 Å². The average molecular weight is 627 g/mol. The van der Waals surface area contributed by atoms with Crippen molar-refractivity contribution in [3.8, 4) is 5.75 Å². The summed E-state index contributed by atoms with van der Waals surface area (Å²) < 4.78 is 5.13. The number of ketones is 1. The number of oxime groups is 1. The molecule has 0 bridgehead atoms. The molecule has 0 aliphatic heterocycles. The summed E-state index contributed by atoms with van der Waals surface area (Å²) in [5, 5.41) is 49.0. The molecule has 5 rings (SSSR count). The molecule has 0 unspecified atom stereocenters. The Morgan fingerprint density at radius 2 is 1.84 bits per heavy atom. The monoisotopic (exact) mass is 626 g/mol. The van der Waals surface area contributed by atoms with Gasteiger partial charge in [0.1, 0.15) is 24.0 Å². The first-order chi connectivity index (χ1) is 21.4. The van der Waals surface area contributed by atoms with Crippen LogP contribution in [0.2, 0.25) is 0 Å². The Balaban J connectivity index is 1.23. The lowest BCUT2D eigenvalue weighted by Crippen LogP contribution is -2.62. The Labute approximate surface area is 263 Å². The molecule has 4 aliphatic rings. The number of allylic oxidation sites excluding steroid dienone is 2. The van der Waals surface area contributed by atoms with E-state index in [0.717, 1.165) is 24.8 Å². The number of carbonyl (C=O) groups excluding carboxylic acids is 3. The lowest BCUT2D eigenvalue weighted by Gasteiger charge is -2.60. The number of ether oxygens (including phenoxy) is 1. The first-order valence-electron chi connectivity index (χ1n) is 16.0. The Hall–Kier alpha value is -3.28. The van der Waals surface area contributed by atoms with Crippen molar-refractivity contribution < 1.29 is 44.4 Å². The molecule has 1 amide bonds. The number of hydrogen-bond donors (Lipinski definition) is 5. The molecule has 246 valence electrons. The number of aliphatic hydroxyl groups excluding tert-OH is 2. The average Bonchev–Trinajstić information content (AvgIpc) is 3.28. The van der Waals surface area contributed by atoms with Crippen molar-refractivity contribution in [1.82, 2.24) is 5.32 Å². The van der Waals surface area contributed by atoms with Gasteiger partial charge in [-0.2, -0.15) is 0 Å². The van der Waals surface area contributed by atoms with Gasteiger partial charge < -0.3 is 35.3 Å². The molecule has 1 aromatic rings. The fourth-order valence-electron chi connectivity index (χ4n) is 9.08. The Morgan fingerprint density at radius 3 is 2.53 bits per heavy atom. The summed E-state index contributed by atoms with van der Waals surface area (Å²) in [5.74, 6) is -1.34. The highest BCUT2D eigenvalue weighted by molar-refractivity contribution is 5.96. The molecular weight excluding hydrogens is 580 g/mol. The first kappa shape index (κ1) is 33.1. The summed E-state index contributed by atoms with van der Waals surface area (Å²) in [6, 6.07) is 5.44. The molecule has 0 spiro atoms. The maximum Gasteiger partial charge on any atom is 0.328 e. The number of amides is 1. The molecule has 0 saturated heterocycles. The zero-order valence-electron chi connectivity index (χ0n) is 26.3. The summed E-state index contributed by atoms with van der Waals surface area (Å²) in [4.78, 5) is 43.3. The molecule has 3 fully saturated rings. The second-order valence-electron chi connectivity index (χ2n) is 13.7. The van der Waals surface area contributed by atoms with E-state index in [-0.39, 0.29) is 48.6 Å². The van der Waals surface area contributed by atoms with Crippen LogP contribution in [0.3, 0.4) is 0 Å². The quantitative estimate of drug-likeness (QED) is 0.193. The van der Waals surface area contributed by atoms with Gasteiger partial charge in [-0.1, -0.05) is 36.7 Å². The lowest BCUT2D eigenvalue weighted by atomic mass is 9.45. The summed E-state index contributed by atoms with van der Waals surface area (Å²) >= 11 is 0. The van der Waals surface area contributed by atoms with Gasteiger partial charge in [-0.25, -0.2) is 4.79 Å². The SMILES string of the molecule is CCOC(=O)[C@H](Cc1ccc(O)cc1)NC(=O)CON=C1C=C2CC[C@H]3[C@@H]([C@@H](O)C[C@@]4(C)[C@H]3CC[C@]4(O)C(=O)CO)[C@@]2(C)CC1. The highest BCUT2D eigenvalue weighted by atomic mass is 16.6. The topological polar surface area (TPSA) is 175 Å². The minimum atomic E-state index is -1.62. The summed E-state index contributed by atoms with van der Waals surface area (Å²) in [6.07, 6.45) is 5.76. The van der Waals surface area contributed by atoms with Crippen molar-refractivity contribution >= 4 is 23.4 Å². The summed E-state index contributed by atoms with van der Waals surface area (Å²) in [5.41, 5.74) is -0.0411. The Kier molecular flexibility index (Phi) is 9.45. The van der Waals surface area contributed by atoms with Crippen LogP contribution in [0.5, 0.6) is 5.75 Å². The number of phenolic OH excluding ortho intramolecular Hbond substituents is 1. The number of aliphatic hydroxyl groups is 3. The number of Topliss-reactive ketones (excluding diaryl/α,β-unsaturated/α-hetero) is 1. The van der Waals surface area contributed by atoms with Crippen LogP contribution >= 0.6 is 0 Å². The number of benzene rings is 1. The molecule has 45 heavy (non-hydrogen) atoms. The van der Waals surface area contributed by atoms with Gasteiger partial charge in [0.15, 0.2) is 12.4 Å². The maximum absolute atomic E-state index is 12.7. The number of rotatable bonds is 10. The molecule has 5 N–H and O–H groups in total. The molecular formula is C34H46N2O9. The fraction of sp³-hybridized carbons (Fsp3) is 0.647. The van der Waals surface area contributed by atoms with Crippen LogP contribution in [-0.4, -0.2) is 81.4 Å². The van der Waals surface area contributed by atoms with E-state index >= 15 is 0 Å². The second-order valence-corrected chi connectivity index (χ2v) is 13.7. The molecule has 3 saturated carbocycles. The molecule has 1 aromatic carbocycles. The van der Waals surface area contributed by atoms with Gasteiger partial charge in [0, 0.05) is 11.8 Å². The van der Waals surface area contributed by atoms with E-state index in [9.17, 15) is 34.8 Å². The third-order valence-corrected chi connectivity index (χ3v) is 11.3. The van der Waals surface area contributed by atoms with Crippen LogP contribution in [0, 0.1) is 28.6 Å². The zero-order valence-corrected chi connectivity index (χ0v) is 26.3. The van der Waals surface area contributed by atoms with E-state index in [4.69, 9.17) is 9.57 Å². The largest absolute Gasteiger partial charge is 0.508 e. The van der Waals surface area contributed by atoms with Crippen molar-refractivity contribution in [1.29, 1.82) is 0 Å². The van der Waals surface area contributed by atoms with Crippen molar-refractivity contribution in [2.24, 2.45) is 33.7 Å². The second kappa shape index (κ2) is 12.8. The number of nitrogens with zero attached hydrogens (tertiary/aromatic N) is 1. The number of fused-ring (bicyclic) bond motifs is 5. The predicted octanol–water partition coefficient (Wildman–Crippen LogP) is 2.58. The first-order valence-corrected chi connectivity index (χ1v) is 16.0. The Bertz CT molecular complexity index is 1360. The molecule has 8 atom stereocenters. The van der Waals surface area contributed by atoms with Crippen LogP contribution in [0.4, 0.5) is 0 Å². The highest BCUT2D eigenvalue weighted by Crippen LogP contribution is 2.67. The standard InChI is InChI=1S/C34H46N2O9/c1-4-44-31(42)26(15-20-5-8-23(38)9-6-20)35-29(41)19-45-36-22-11-13-32(2)21(16-22)7-10-24-25-12-14-34(43,28(40)18-37)33(25,3)17-27(39)30(24)32/h5-6,8-9,16,24-27,30,37-39,43H,4,7,10-15,17-19H2,1-3H3,(H,35,41)/t24-,25+,26+,27+,30+,32+,33+,34+/m1/s1. The number of hydrogen-bond acceptors (Lipinski definition) is 10. The van der Waals surface area contributed by atoms with Gasteiger partial charge in [-0.15, -0.1) is 0 Å². The van der Waals surface area contributed by atoms with E-state index in [2.05, 4.69) is 17.4 Å². The van der Waals surface area contributed by atoms with E-state index in [1.165, 1.54) is 17.7 Å². The van der Waals surface area contributed by atoms with Gasteiger partial charge in [0.25, 0.3) is 5.91 Å². The number of nitrogens with one attached hydrogen (secondary N) is 1. The molecule has 0 radical (unpaired) electrons. The molecule has 4 aliphatic carbocycles. The van der Waals surface area contributed by atoms with Crippen molar-refractivity contribution in [2.75, 3.05) is 19.8 Å². The molecule has 0 aromatic heterocycles. The summed E-state index contributed by atoms with van der Waals surface area (Å²) in [7, 11) is 0. The third-order valence-electron chi connectivity index (χ3n) is 11.3. The zero-order chi connectivity index (χ0) is 32.6. The number of esters is 1. The molecule has 0 heterocycles. The smallest absolute Gasteiger partial charge is 0.328 e. The van der Waals surface area contributed by atoms with Crippen LogP contribution in [0.25, 0.3) is 0 Å². The van der Waals surface area contributed by atoms with Crippen molar-refractivity contribution in [3.63, 3.8) is 0 Å². The lowest BCUT2D eigenvalue weighted by molar-refractivity contribution is -0.181. The van der Waals surface area contributed by atoms with Gasteiger partial charge >= 0.3 is 5.97 Å². The number of aromatic hydroxyl groups is 1. The minimum Gasteiger partial charge on any atom is -0.508 e. The predicted molar refractivity (Wildman–Crippen MR) is 164 cm³/mol. The van der Waals surface area contributed by atoms with Crippen molar-refractivity contribution in [3.05, 3.63) is 41.5 Å². The molecule has 11 nitrogen and oxygen atoms in total. The fourth-order valence-corrected chi connectivity index (χ4v) is 9.08. The van der Waals surface area contributed by atoms with Crippen LogP contribution in [0.15, 0.2) is 41.1 Å². The summed E-state index contributed by atoms with van der Waals surface area (Å²) in [6.45, 7) is 4.87. The van der Waals surface area contributed by atoms with Gasteiger partial charge in [-0.3, -0.25) is 9.59 Å². The van der Waals surface area contributed by atoms with Crippen molar-refractivity contribution in [2.45, 2.75) is 89.9 Å². The van der Waals surface area contributed by atoms with Crippen LogP contribution < -0.4 is 5.32 Å². The third kappa shape index (κ3) is 6.02. The van der Waals surface area contributed by atoms with E-state index < -0.39 is 47.4 Å².